The molecule has 7 nitrogen and oxygen atoms in total. The van der Waals surface area contributed by atoms with Crippen LogP contribution < -0.4 is 19.7 Å². The van der Waals surface area contributed by atoms with Crippen molar-refractivity contribution in [1.29, 1.82) is 0 Å². The number of aromatic nitrogens is 1. The van der Waals surface area contributed by atoms with Crippen LogP contribution in [0.4, 0.5) is 10.5 Å². The van der Waals surface area contributed by atoms with Crippen molar-refractivity contribution in [3.8, 4) is 22.8 Å². The smallest absolute Gasteiger partial charge is 0.322 e. The molecule has 1 N–H and O–H groups in total. The first-order valence-corrected chi connectivity index (χ1v) is 12.7. The Kier molecular flexibility index (Phi) is 9.13. The minimum absolute atomic E-state index is 0.0536. The van der Waals surface area contributed by atoms with E-state index in [1.54, 1.807) is 24.1 Å². The average molecular weight is 482 g/mol. The monoisotopic (exact) mass is 481 g/mol. The number of anilines is 1. The molecule has 0 aliphatic carbocycles. The van der Waals surface area contributed by atoms with Crippen molar-refractivity contribution in [2.45, 2.75) is 72.8 Å². The predicted octanol–water partition coefficient (Wildman–Crippen LogP) is 6.01. The molecule has 0 spiro atoms. The quantitative estimate of drug-likeness (QED) is 0.398. The lowest BCUT2D eigenvalue weighted by molar-refractivity contribution is -0.126. The van der Waals surface area contributed by atoms with Crippen LogP contribution in [-0.2, 0) is 4.79 Å². The maximum absolute atomic E-state index is 12.9. The van der Waals surface area contributed by atoms with Gasteiger partial charge in [-0.2, -0.15) is 0 Å². The second-order valence-corrected chi connectivity index (χ2v) is 9.85. The molecule has 190 valence electrons. The van der Waals surface area contributed by atoms with E-state index in [0.29, 0.717) is 24.7 Å². The predicted molar refractivity (Wildman–Crippen MR) is 139 cm³/mol. The summed E-state index contributed by atoms with van der Waals surface area (Å²) in [7, 11) is 0. The Morgan fingerprint density at radius 2 is 1.91 bits per heavy atom. The maximum Gasteiger partial charge on any atom is 0.322 e. The number of ether oxygens (including phenoxy) is 2. The van der Waals surface area contributed by atoms with Gasteiger partial charge in [0.15, 0.2) is 0 Å². The van der Waals surface area contributed by atoms with E-state index < -0.39 is 5.41 Å². The van der Waals surface area contributed by atoms with E-state index in [1.165, 1.54) is 12.8 Å². The summed E-state index contributed by atoms with van der Waals surface area (Å²) < 4.78 is 11.9. The number of hydrogen-bond donors (Lipinski definition) is 1. The molecule has 1 aliphatic heterocycles. The Labute approximate surface area is 209 Å². The highest BCUT2D eigenvalue weighted by atomic mass is 16.5. The molecule has 2 aromatic rings. The number of ketones is 1. The maximum atomic E-state index is 12.9. The van der Waals surface area contributed by atoms with Crippen LogP contribution >= 0.6 is 0 Å². The number of fused-ring (bicyclic) bond motifs is 1. The molecule has 7 heteroatoms. The number of nitrogens with zero attached hydrogens (tertiary/aromatic N) is 2. The van der Waals surface area contributed by atoms with E-state index in [9.17, 15) is 9.59 Å². The van der Waals surface area contributed by atoms with Gasteiger partial charge < -0.3 is 14.8 Å². The molecule has 35 heavy (non-hydrogen) atoms. The number of hydrogen-bond acceptors (Lipinski definition) is 5. The zero-order valence-electron chi connectivity index (χ0n) is 21.7. The highest BCUT2D eigenvalue weighted by molar-refractivity contribution is 5.94. The van der Waals surface area contributed by atoms with Crippen LogP contribution in [0.2, 0.25) is 0 Å². The molecule has 0 bridgehead atoms. The van der Waals surface area contributed by atoms with E-state index >= 15 is 0 Å². The van der Waals surface area contributed by atoms with Crippen LogP contribution in [0.5, 0.6) is 11.6 Å². The number of unbranched alkanes of at least 4 members (excludes halogenated alkanes) is 3. The van der Waals surface area contributed by atoms with Crippen molar-refractivity contribution in [3.63, 3.8) is 0 Å². The number of urea groups is 1. The highest BCUT2D eigenvalue weighted by Crippen LogP contribution is 2.37. The number of carbonyl (C=O) groups is 2. The van der Waals surface area contributed by atoms with Crippen molar-refractivity contribution in [2.75, 3.05) is 24.6 Å². The third-order valence-electron chi connectivity index (χ3n) is 6.54. The molecule has 0 saturated heterocycles. The second-order valence-electron chi connectivity index (χ2n) is 9.85. The first-order valence-electron chi connectivity index (χ1n) is 12.7. The third-order valence-corrected chi connectivity index (χ3v) is 6.54. The molecule has 2 amide bonds. The SMILES string of the molecule is CCCCCCNC(=O)N1CC(CC)Oc2cc(-c3ccc(OCC(C)(C)C(C)=O)nc3)ccc21. The Morgan fingerprint density at radius 3 is 2.57 bits per heavy atom. The van der Waals surface area contributed by atoms with Gasteiger partial charge in [-0.25, -0.2) is 9.78 Å². The fourth-order valence-corrected chi connectivity index (χ4v) is 3.77. The lowest BCUT2D eigenvalue weighted by atomic mass is 9.90. The van der Waals surface area contributed by atoms with Crippen molar-refractivity contribution >= 4 is 17.5 Å². The molecule has 0 radical (unpaired) electrons. The minimum atomic E-state index is -0.556. The van der Waals surface area contributed by atoms with Crippen LogP contribution in [0.15, 0.2) is 36.5 Å². The third kappa shape index (κ3) is 6.96. The van der Waals surface area contributed by atoms with E-state index in [4.69, 9.17) is 9.47 Å². The number of pyridine rings is 1. The molecule has 1 aromatic carbocycles. The highest BCUT2D eigenvalue weighted by Gasteiger charge is 2.29. The van der Waals surface area contributed by atoms with Gasteiger partial charge in [0.25, 0.3) is 0 Å². The fraction of sp³-hybridized carbons (Fsp3) is 0.536. The van der Waals surface area contributed by atoms with Gasteiger partial charge in [0.2, 0.25) is 5.88 Å². The molecular formula is C28H39N3O4. The van der Waals surface area contributed by atoms with Gasteiger partial charge in [-0.15, -0.1) is 0 Å². The Bertz CT molecular complexity index is 1000. The molecule has 1 aliphatic rings. The largest absolute Gasteiger partial charge is 0.486 e. The van der Waals surface area contributed by atoms with Crippen LogP contribution in [0.25, 0.3) is 11.1 Å². The van der Waals surface area contributed by atoms with Crippen molar-refractivity contribution in [1.82, 2.24) is 10.3 Å². The van der Waals surface area contributed by atoms with Crippen LogP contribution in [0.1, 0.15) is 66.7 Å². The summed E-state index contributed by atoms with van der Waals surface area (Å²) in [6.07, 6.45) is 6.99. The Hall–Kier alpha value is -3.09. The van der Waals surface area contributed by atoms with Crippen molar-refractivity contribution in [2.24, 2.45) is 5.41 Å². The lowest BCUT2D eigenvalue weighted by Gasteiger charge is -2.35. The number of carbonyl (C=O) groups excluding carboxylic acids is 2. The molecule has 3 rings (SSSR count). The first-order chi connectivity index (χ1) is 16.7. The Morgan fingerprint density at radius 1 is 1.14 bits per heavy atom. The minimum Gasteiger partial charge on any atom is -0.486 e. The van der Waals surface area contributed by atoms with Gasteiger partial charge in [-0.3, -0.25) is 9.69 Å². The van der Waals surface area contributed by atoms with Gasteiger partial charge >= 0.3 is 6.03 Å². The van der Waals surface area contributed by atoms with E-state index in [2.05, 4.69) is 24.1 Å². The lowest BCUT2D eigenvalue weighted by Crippen LogP contribution is -2.48. The number of benzene rings is 1. The summed E-state index contributed by atoms with van der Waals surface area (Å²) in [4.78, 5) is 30.8. The summed E-state index contributed by atoms with van der Waals surface area (Å²) in [5.74, 6) is 1.25. The number of amides is 2. The molecule has 0 fully saturated rings. The summed E-state index contributed by atoms with van der Waals surface area (Å²) >= 11 is 0. The van der Waals surface area contributed by atoms with E-state index in [1.807, 2.05) is 38.1 Å². The van der Waals surface area contributed by atoms with E-state index in [-0.39, 0.29) is 24.5 Å². The van der Waals surface area contributed by atoms with Crippen LogP contribution in [0.3, 0.4) is 0 Å². The molecule has 0 saturated carbocycles. The number of rotatable bonds is 11. The second kappa shape index (κ2) is 12.0. The summed E-state index contributed by atoms with van der Waals surface area (Å²) in [6.45, 7) is 11.0. The normalized spacial score (nSPS) is 15.2. The zero-order chi connectivity index (χ0) is 25.4. The molecule has 2 heterocycles. The molecule has 1 aromatic heterocycles. The van der Waals surface area contributed by atoms with Gasteiger partial charge in [0, 0.05) is 24.4 Å². The molecular weight excluding hydrogens is 442 g/mol. The average Bonchev–Trinajstić information content (AvgIpc) is 2.86. The molecule has 1 atom stereocenters. The summed E-state index contributed by atoms with van der Waals surface area (Å²) in [5, 5.41) is 3.07. The van der Waals surface area contributed by atoms with Crippen LogP contribution in [0, 0.1) is 5.41 Å². The number of Topliss-reactive ketones (excluding diaryl/α,β-unsaturated/α-hetero) is 1. The van der Waals surface area contributed by atoms with E-state index in [0.717, 1.165) is 36.1 Å². The standard InChI is InChI=1S/C28H39N3O4/c1-6-8-9-10-15-29-27(33)31-18-23(7-2)35-25-16-21(11-13-24(25)31)22-12-14-26(30-17-22)34-19-28(4,5)20(3)32/h11-14,16-17,23H,6-10,15,18-19H2,1-5H3,(H,29,33). The zero-order valence-corrected chi connectivity index (χ0v) is 21.7. The Balaban J connectivity index is 1.71. The topological polar surface area (TPSA) is 80.8 Å². The van der Waals surface area contributed by atoms with Gasteiger partial charge in [0.1, 0.15) is 24.2 Å². The van der Waals surface area contributed by atoms with Gasteiger partial charge in [-0.05, 0) is 57.4 Å². The molecule has 1 unspecified atom stereocenters. The number of nitrogens with one attached hydrogen (secondary N) is 1. The fourth-order valence-electron chi connectivity index (χ4n) is 3.77. The summed E-state index contributed by atoms with van der Waals surface area (Å²) in [5.41, 5.74) is 2.09. The first kappa shape index (κ1) is 26.5. The van der Waals surface area contributed by atoms with Gasteiger partial charge in [-0.1, -0.05) is 39.2 Å². The summed E-state index contributed by atoms with van der Waals surface area (Å²) in [6, 6.07) is 9.55. The van der Waals surface area contributed by atoms with Crippen molar-refractivity contribution in [3.05, 3.63) is 36.5 Å². The van der Waals surface area contributed by atoms with Crippen LogP contribution in [-0.4, -0.2) is 42.6 Å². The van der Waals surface area contributed by atoms with Gasteiger partial charge in [0.05, 0.1) is 17.6 Å². The van der Waals surface area contributed by atoms with Crippen molar-refractivity contribution < 1.29 is 19.1 Å².